The smallest absolute Gasteiger partial charge is 0.0665 e. The van der Waals surface area contributed by atoms with E-state index in [0.717, 1.165) is 4.88 Å². The molecule has 0 amide bonds. The maximum absolute atomic E-state index is 5.55. The molecule has 0 bridgehead atoms. The van der Waals surface area contributed by atoms with Gasteiger partial charge in [-0.2, -0.15) is 0 Å². The second kappa shape index (κ2) is 3.49. The molecule has 1 rings (SSSR count). The van der Waals surface area contributed by atoms with Crippen molar-refractivity contribution >= 4 is 39.1 Å². The largest absolute Gasteiger partial charge is 0.146 e. The van der Waals surface area contributed by atoms with Crippen molar-refractivity contribution < 1.29 is 0 Å². The molecule has 1 aromatic heterocycles. The summed E-state index contributed by atoms with van der Waals surface area (Å²) in [6.45, 7) is 0. The van der Waals surface area contributed by atoms with Crippen molar-refractivity contribution in [2.45, 2.75) is 4.83 Å². The van der Waals surface area contributed by atoms with Crippen molar-refractivity contribution in [3.05, 3.63) is 11.1 Å². The van der Waals surface area contributed by atoms with Crippen LogP contribution in [0.5, 0.6) is 0 Å². The summed E-state index contributed by atoms with van der Waals surface area (Å²) in [5, 5.41) is 3.67. The second-order valence-electron chi connectivity index (χ2n) is 1.44. The van der Waals surface area contributed by atoms with Crippen LogP contribution in [0.25, 0.3) is 0 Å². The first kappa shape index (κ1) is 7.44. The molecule has 50 valence electrons. The fourth-order valence-corrected chi connectivity index (χ4v) is 1.50. The van der Waals surface area contributed by atoms with Gasteiger partial charge in [-0.15, -0.1) is 16.7 Å². The molecule has 0 aliphatic rings. The van der Waals surface area contributed by atoms with Gasteiger partial charge in [0.05, 0.1) is 15.9 Å². The molecule has 0 fully saturated rings. The molecule has 0 saturated carbocycles. The van der Waals surface area contributed by atoms with E-state index in [4.69, 9.17) is 11.6 Å². The molecule has 9 heavy (non-hydrogen) atoms. The van der Waals surface area contributed by atoms with Crippen LogP contribution in [-0.4, -0.2) is 15.5 Å². The first-order valence-electron chi connectivity index (χ1n) is 2.32. The van der Waals surface area contributed by atoms with Gasteiger partial charge in [-0.05, 0) is 11.5 Å². The Kier molecular flexibility index (Phi) is 2.88. The zero-order valence-electron chi connectivity index (χ0n) is 4.42. The van der Waals surface area contributed by atoms with Crippen LogP contribution >= 0.6 is 39.1 Å². The molecule has 1 atom stereocenters. The molecule has 0 aromatic carbocycles. The minimum atomic E-state index is 0.208. The van der Waals surface area contributed by atoms with E-state index >= 15 is 0 Å². The Morgan fingerprint density at radius 3 is 3.11 bits per heavy atom. The summed E-state index contributed by atoms with van der Waals surface area (Å²) < 4.78 is 3.69. The average Bonchev–Trinajstić information content (AvgIpc) is 2.37. The molecule has 0 aliphatic heterocycles. The number of aromatic nitrogens is 2. The van der Waals surface area contributed by atoms with E-state index in [1.54, 1.807) is 6.20 Å². The molecule has 0 spiro atoms. The van der Waals surface area contributed by atoms with Gasteiger partial charge in [-0.3, -0.25) is 0 Å². The maximum Gasteiger partial charge on any atom is 0.0665 e. The Hall–Kier alpha value is 0.330. The van der Waals surface area contributed by atoms with Crippen molar-refractivity contribution in [2.24, 2.45) is 0 Å². The highest BCUT2D eigenvalue weighted by molar-refractivity contribution is 9.09. The lowest BCUT2D eigenvalue weighted by molar-refractivity contribution is 1.12. The highest BCUT2D eigenvalue weighted by atomic mass is 79.9. The summed E-state index contributed by atoms with van der Waals surface area (Å²) in [7, 11) is 0. The zero-order valence-corrected chi connectivity index (χ0v) is 7.58. The minimum absolute atomic E-state index is 0.208. The van der Waals surface area contributed by atoms with Crippen molar-refractivity contribution in [1.29, 1.82) is 0 Å². The lowest BCUT2D eigenvalue weighted by Gasteiger charge is -1.96. The minimum Gasteiger partial charge on any atom is -0.146 e. The SMILES string of the molecule is ClCC(Br)c1cnns1. The van der Waals surface area contributed by atoms with Gasteiger partial charge in [-0.1, -0.05) is 20.4 Å². The number of hydrogen-bond donors (Lipinski definition) is 0. The number of alkyl halides is 2. The van der Waals surface area contributed by atoms with Crippen molar-refractivity contribution in [1.82, 2.24) is 9.59 Å². The number of nitrogens with zero attached hydrogens (tertiary/aromatic N) is 2. The maximum atomic E-state index is 5.55. The fraction of sp³-hybridized carbons (Fsp3) is 0.500. The summed E-state index contributed by atoms with van der Waals surface area (Å²) in [5.41, 5.74) is 0. The monoisotopic (exact) mass is 226 g/mol. The number of hydrogen-bond acceptors (Lipinski definition) is 3. The van der Waals surface area contributed by atoms with Gasteiger partial charge in [0, 0.05) is 5.88 Å². The predicted octanol–water partition coefficient (Wildman–Crippen LogP) is 2.21. The lowest BCUT2D eigenvalue weighted by atomic mass is 10.4. The number of rotatable bonds is 2. The van der Waals surface area contributed by atoms with E-state index in [2.05, 4.69) is 25.5 Å². The normalized spacial score (nSPS) is 13.6. The third kappa shape index (κ3) is 1.88. The van der Waals surface area contributed by atoms with E-state index in [9.17, 15) is 0 Å². The van der Waals surface area contributed by atoms with Crippen LogP contribution in [0.15, 0.2) is 6.20 Å². The standard InChI is InChI=1S/C4H4BrClN2S/c5-3(1-6)4-2-7-8-9-4/h2-3H,1H2. The second-order valence-corrected chi connectivity index (χ2v) is 3.67. The Labute approximate surface area is 70.5 Å². The third-order valence-corrected chi connectivity index (χ3v) is 3.40. The molecule has 0 aliphatic carbocycles. The first-order valence-corrected chi connectivity index (χ1v) is 4.54. The summed E-state index contributed by atoms with van der Waals surface area (Å²) in [5.74, 6) is 0.559. The highest BCUT2D eigenvalue weighted by Crippen LogP contribution is 2.25. The fourth-order valence-electron chi connectivity index (χ4n) is 0.389. The summed E-state index contributed by atoms with van der Waals surface area (Å²) in [6.07, 6.45) is 1.71. The molecule has 2 nitrogen and oxygen atoms in total. The van der Waals surface area contributed by atoms with Crippen LogP contribution in [0.4, 0.5) is 0 Å². The van der Waals surface area contributed by atoms with E-state index < -0.39 is 0 Å². The zero-order chi connectivity index (χ0) is 6.69. The van der Waals surface area contributed by atoms with Gasteiger partial charge in [0.25, 0.3) is 0 Å². The Bertz CT molecular complexity index is 167. The lowest BCUT2D eigenvalue weighted by Crippen LogP contribution is -1.84. The van der Waals surface area contributed by atoms with Crippen molar-refractivity contribution in [2.75, 3.05) is 5.88 Å². The molecular formula is C4H4BrClN2S. The van der Waals surface area contributed by atoms with Crippen LogP contribution in [0.1, 0.15) is 9.70 Å². The van der Waals surface area contributed by atoms with Gasteiger partial charge in [0.1, 0.15) is 0 Å². The third-order valence-electron chi connectivity index (χ3n) is 0.823. The highest BCUT2D eigenvalue weighted by Gasteiger charge is 2.06. The van der Waals surface area contributed by atoms with Gasteiger partial charge in [-0.25, -0.2) is 0 Å². The number of halogens is 2. The quantitative estimate of drug-likeness (QED) is 0.724. The van der Waals surface area contributed by atoms with Crippen molar-refractivity contribution in [3.63, 3.8) is 0 Å². The molecule has 0 radical (unpaired) electrons. The van der Waals surface area contributed by atoms with E-state index in [-0.39, 0.29) is 4.83 Å². The van der Waals surface area contributed by atoms with Gasteiger partial charge in [0.2, 0.25) is 0 Å². The molecule has 1 aromatic rings. The van der Waals surface area contributed by atoms with Gasteiger partial charge < -0.3 is 0 Å². The Balaban J connectivity index is 2.65. The van der Waals surface area contributed by atoms with Crippen LogP contribution in [0.2, 0.25) is 0 Å². The van der Waals surface area contributed by atoms with Crippen LogP contribution in [-0.2, 0) is 0 Å². The van der Waals surface area contributed by atoms with Crippen LogP contribution in [0.3, 0.4) is 0 Å². The van der Waals surface area contributed by atoms with Crippen LogP contribution < -0.4 is 0 Å². The molecular weight excluding hydrogens is 223 g/mol. The molecule has 1 heterocycles. The molecule has 0 N–H and O–H groups in total. The van der Waals surface area contributed by atoms with E-state index in [0.29, 0.717) is 5.88 Å². The molecule has 5 heteroatoms. The predicted molar refractivity (Wildman–Crippen MR) is 42.3 cm³/mol. The van der Waals surface area contributed by atoms with E-state index in [1.807, 2.05) is 0 Å². The molecule has 0 saturated heterocycles. The Morgan fingerprint density at radius 2 is 2.67 bits per heavy atom. The van der Waals surface area contributed by atoms with Crippen LogP contribution in [0, 0.1) is 0 Å². The summed E-state index contributed by atoms with van der Waals surface area (Å²) in [4.78, 5) is 1.28. The Morgan fingerprint density at radius 1 is 1.89 bits per heavy atom. The average molecular weight is 228 g/mol. The molecule has 1 unspecified atom stereocenters. The van der Waals surface area contributed by atoms with E-state index in [1.165, 1.54) is 11.5 Å². The van der Waals surface area contributed by atoms with Gasteiger partial charge >= 0.3 is 0 Å². The first-order chi connectivity index (χ1) is 4.34. The van der Waals surface area contributed by atoms with Crippen molar-refractivity contribution in [3.8, 4) is 0 Å². The van der Waals surface area contributed by atoms with Gasteiger partial charge in [0.15, 0.2) is 0 Å². The topological polar surface area (TPSA) is 25.8 Å². The summed E-state index contributed by atoms with van der Waals surface area (Å²) in [6, 6.07) is 0. The summed E-state index contributed by atoms with van der Waals surface area (Å²) >= 11 is 10.3.